The second-order valence-electron chi connectivity index (χ2n) is 16.3. The molecule has 3 saturated heterocycles. The number of rotatable bonds is 7. The number of piperazine rings is 1. The summed E-state index contributed by atoms with van der Waals surface area (Å²) in [4.78, 5) is 46.2. The van der Waals surface area contributed by atoms with Crippen molar-refractivity contribution in [2.75, 3.05) is 55.6 Å². The number of nitrogens with zero attached hydrogens (tertiary/aromatic N) is 4. The van der Waals surface area contributed by atoms with E-state index in [0.717, 1.165) is 104 Å². The molecule has 0 aliphatic carbocycles. The third-order valence-electron chi connectivity index (χ3n) is 12.7. The molecule has 0 spiro atoms. The molecule has 5 heterocycles. The van der Waals surface area contributed by atoms with E-state index < -0.39 is 29.8 Å². The number of amides is 3. The van der Waals surface area contributed by atoms with E-state index in [1.54, 1.807) is 17.0 Å². The molecule has 5 aliphatic heterocycles. The topological polar surface area (TPSA) is 106 Å². The highest BCUT2D eigenvalue weighted by atomic mass is 19.4. The summed E-state index contributed by atoms with van der Waals surface area (Å²) in [5.41, 5.74) is 6.61. The van der Waals surface area contributed by atoms with Crippen LogP contribution in [0.3, 0.4) is 0 Å². The molecule has 4 aromatic rings. The van der Waals surface area contributed by atoms with Crippen LogP contribution in [0, 0.1) is 5.92 Å². The number of ether oxygens (including phenoxy) is 1. The fourth-order valence-corrected chi connectivity index (χ4v) is 9.54. The number of carbonyl (C=O) groups excluding carboxylic acids is 3. The molecule has 302 valence electrons. The van der Waals surface area contributed by atoms with Gasteiger partial charge >= 0.3 is 6.18 Å². The SMILES string of the molecule is O=C1CC[C@H](N2Cc3cc(N4CCN(CC5CCN(c6ccc([C@H]7c8ccc(O)cc8CO[C@H]7c7ccc(C(F)(F)F)cc7)cc6)CC5)CC4)ccc3C2=O)C(=O)N1. The van der Waals surface area contributed by atoms with Gasteiger partial charge in [0.15, 0.2) is 0 Å². The molecule has 2 N–H and O–H groups in total. The number of aromatic hydroxyl groups is 1. The molecule has 3 fully saturated rings. The average molecular weight is 794 g/mol. The molecule has 5 aliphatic rings. The molecule has 0 radical (unpaired) electrons. The molecular weight excluding hydrogens is 748 g/mol. The van der Waals surface area contributed by atoms with E-state index in [-0.39, 0.29) is 36.5 Å². The van der Waals surface area contributed by atoms with Crippen molar-refractivity contribution in [2.45, 2.75) is 63.1 Å². The van der Waals surface area contributed by atoms with Gasteiger partial charge in [-0.2, -0.15) is 13.2 Å². The Morgan fingerprint density at radius 1 is 0.741 bits per heavy atom. The van der Waals surface area contributed by atoms with Crippen LogP contribution in [0.2, 0.25) is 0 Å². The maximum absolute atomic E-state index is 13.3. The van der Waals surface area contributed by atoms with Gasteiger partial charge in [-0.1, -0.05) is 30.3 Å². The van der Waals surface area contributed by atoms with Crippen LogP contribution in [-0.2, 0) is 33.7 Å². The highest BCUT2D eigenvalue weighted by Gasteiger charge is 2.40. The standard InChI is InChI=1S/C45H46F3N5O5/c46-45(47,48)33-5-1-30(2-6-33)42-41(37-12-10-36(54)24-32(37)27-58-42)29-3-7-34(8-4-29)51-17-15-28(16-18-51)25-50-19-21-52(22-20-50)35-9-11-38-31(23-35)26-53(44(38)57)39-13-14-40(55)49-43(39)56/h1-12,23-24,28,39,41-42,54H,13-22,25-27H2,(H,49,55,56)/t39-,41-,42-/m0/s1. The molecule has 4 aromatic carbocycles. The van der Waals surface area contributed by atoms with Gasteiger partial charge in [-0.05, 0) is 108 Å². The fourth-order valence-electron chi connectivity index (χ4n) is 9.54. The first-order chi connectivity index (χ1) is 28.0. The number of carbonyl (C=O) groups is 3. The zero-order valence-electron chi connectivity index (χ0n) is 32.1. The van der Waals surface area contributed by atoms with E-state index in [9.17, 15) is 32.7 Å². The number of hydrogen-bond donors (Lipinski definition) is 2. The number of alkyl halides is 3. The number of hydrogen-bond acceptors (Lipinski definition) is 8. The maximum atomic E-state index is 13.3. The lowest BCUT2D eigenvalue weighted by Crippen LogP contribution is -2.52. The molecule has 0 unspecified atom stereocenters. The number of imide groups is 1. The quantitative estimate of drug-likeness (QED) is 0.202. The first kappa shape index (κ1) is 38.1. The van der Waals surface area contributed by atoms with E-state index in [0.29, 0.717) is 30.0 Å². The van der Waals surface area contributed by atoms with Crippen molar-refractivity contribution in [3.63, 3.8) is 0 Å². The van der Waals surface area contributed by atoms with E-state index in [1.807, 2.05) is 18.2 Å². The number of phenolic OH excluding ortho intramolecular Hbond substituents is 1. The van der Waals surface area contributed by atoms with Gasteiger partial charge in [0.25, 0.3) is 5.91 Å². The van der Waals surface area contributed by atoms with Crippen molar-refractivity contribution in [3.05, 3.63) is 124 Å². The Morgan fingerprint density at radius 2 is 1.43 bits per heavy atom. The molecule has 0 bridgehead atoms. The zero-order chi connectivity index (χ0) is 40.1. The zero-order valence-corrected chi connectivity index (χ0v) is 32.1. The van der Waals surface area contributed by atoms with Crippen molar-refractivity contribution in [1.29, 1.82) is 0 Å². The van der Waals surface area contributed by atoms with Crippen LogP contribution >= 0.6 is 0 Å². The number of benzene rings is 4. The van der Waals surface area contributed by atoms with Gasteiger partial charge in [-0.15, -0.1) is 0 Å². The minimum atomic E-state index is -4.42. The summed E-state index contributed by atoms with van der Waals surface area (Å²) < 4.78 is 46.3. The molecule has 3 amide bonds. The minimum Gasteiger partial charge on any atom is -0.508 e. The number of halogens is 3. The summed E-state index contributed by atoms with van der Waals surface area (Å²) in [6.07, 6.45) is -2.13. The largest absolute Gasteiger partial charge is 0.508 e. The van der Waals surface area contributed by atoms with E-state index in [2.05, 4.69) is 50.3 Å². The van der Waals surface area contributed by atoms with Crippen LogP contribution in [0.4, 0.5) is 24.5 Å². The number of piperidine rings is 2. The fraction of sp³-hybridized carbons (Fsp3) is 0.400. The van der Waals surface area contributed by atoms with E-state index in [1.165, 1.54) is 12.1 Å². The Labute approximate surface area is 335 Å². The van der Waals surface area contributed by atoms with E-state index >= 15 is 0 Å². The summed E-state index contributed by atoms with van der Waals surface area (Å²) >= 11 is 0. The van der Waals surface area contributed by atoms with Crippen LogP contribution in [0.5, 0.6) is 5.75 Å². The number of phenols is 1. The first-order valence-electron chi connectivity index (χ1n) is 20.2. The lowest BCUT2D eigenvalue weighted by atomic mass is 9.79. The van der Waals surface area contributed by atoms with Crippen molar-refractivity contribution < 1.29 is 37.4 Å². The highest BCUT2D eigenvalue weighted by molar-refractivity contribution is 6.05. The van der Waals surface area contributed by atoms with Crippen LogP contribution in [-0.4, -0.2) is 84.5 Å². The summed E-state index contributed by atoms with van der Waals surface area (Å²) in [5.74, 6) is -0.354. The monoisotopic (exact) mass is 793 g/mol. The van der Waals surface area contributed by atoms with Gasteiger partial charge in [-0.25, -0.2) is 0 Å². The van der Waals surface area contributed by atoms with Crippen LogP contribution in [0.15, 0.2) is 84.9 Å². The number of fused-ring (bicyclic) bond motifs is 2. The summed E-state index contributed by atoms with van der Waals surface area (Å²) in [7, 11) is 0. The van der Waals surface area contributed by atoms with Gasteiger partial charge in [0.2, 0.25) is 11.8 Å². The third-order valence-corrected chi connectivity index (χ3v) is 12.7. The normalized spacial score (nSPS) is 23.2. The highest BCUT2D eigenvalue weighted by Crippen LogP contribution is 2.46. The molecule has 10 nitrogen and oxygen atoms in total. The number of nitrogens with one attached hydrogen (secondary N) is 1. The first-order valence-corrected chi connectivity index (χ1v) is 20.2. The van der Waals surface area contributed by atoms with Crippen molar-refractivity contribution in [2.24, 2.45) is 5.92 Å². The van der Waals surface area contributed by atoms with Crippen LogP contribution in [0.1, 0.15) is 81.4 Å². The lowest BCUT2D eigenvalue weighted by molar-refractivity contribution is -0.138. The average Bonchev–Trinajstić information content (AvgIpc) is 3.55. The lowest BCUT2D eigenvalue weighted by Gasteiger charge is -2.40. The Hall–Kier alpha value is -5.40. The molecule has 13 heteroatoms. The van der Waals surface area contributed by atoms with Gasteiger partial charge < -0.3 is 24.5 Å². The second-order valence-corrected chi connectivity index (χ2v) is 16.3. The Balaban J connectivity index is 0.790. The molecule has 3 atom stereocenters. The molecular formula is C45H46F3N5O5. The van der Waals surface area contributed by atoms with Crippen molar-refractivity contribution in [3.8, 4) is 5.75 Å². The molecule has 9 rings (SSSR count). The van der Waals surface area contributed by atoms with Crippen molar-refractivity contribution >= 4 is 29.1 Å². The van der Waals surface area contributed by atoms with Crippen molar-refractivity contribution in [1.82, 2.24) is 15.1 Å². The Kier molecular flexibility index (Phi) is 10.1. The Morgan fingerprint density at radius 3 is 2.14 bits per heavy atom. The molecule has 0 saturated carbocycles. The van der Waals surface area contributed by atoms with Gasteiger partial charge in [0, 0.05) is 81.6 Å². The number of anilines is 2. The summed E-state index contributed by atoms with van der Waals surface area (Å²) in [6, 6.07) is 24.3. The molecule has 58 heavy (non-hydrogen) atoms. The summed E-state index contributed by atoms with van der Waals surface area (Å²) in [5, 5.41) is 12.5. The smallest absolute Gasteiger partial charge is 0.416 e. The van der Waals surface area contributed by atoms with Gasteiger partial charge in [0.1, 0.15) is 11.8 Å². The maximum Gasteiger partial charge on any atom is 0.416 e. The van der Waals surface area contributed by atoms with E-state index in [4.69, 9.17) is 4.74 Å². The van der Waals surface area contributed by atoms with Gasteiger partial charge in [-0.3, -0.25) is 24.6 Å². The van der Waals surface area contributed by atoms with Gasteiger partial charge in [0.05, 0.1) is 18.3 Å². The van der Waals surface area contributed by atoms with Crippen LogP contribution < -0.4 is 15.1 Å². The summed E-state index contributed by atoms with van der Waals surface area (Å²) in [6.45, 7) is 7.30. The Bertz CT molecular complexity index is 2200. The predicted octanol–water partition coefficient (Wildman–Crippen LogP) is 6.61. The predicted molar refractivity (Wildman–Crippen MR) is 211 cm³/mol. The minimum absolute atomic E-state index is 0.146. The van der Waals surface area contributed by atoms with Crippen LogP contribution in [0.25, 0.3) is 0 Å². The third kappa shape index (κ3) is 7.53. The second kappa shape index (κ2) is 15.4. The molecule has 0 aromatic heterocycles.